The molecule has 0 aliphatic heterocycles. The number of rotatable bonds is 14. The molecule has 0 saturated heterocycles. The van der Waals surface area contributed by atoms with Crippen LogP contribution < -0.4 is 21.3 Å². The van der Waals surface area contributed by atoms with Crippen molar-refractivity contribution in [1.82, 2.24) is 0 Å². The van der Waals surface area contributed by atoms with Gasteiger partial charge < -0.3 is 21.3 Å². The van der Waals surface area contributed by atoms with Gasteiger partial charge in [0.05, 0.1) is 55.0 Å². The Bertz CT molecular complexity index is 2740. The lowest BCUT2D eigenvalue weighted by atomic mass is 10.0. The molecule has 0 radical (unpaired) electrons. The molecule has 5 rings (SSSR count). The van der Waals surface area contributed by atoms with Gasteiger partial charge in [-0.1, -0.05) is 46.4 Å². The van der Waals surface area contributed by atoms with Crippen LogP contribution in [-0.4, -0.2) is 47.3 Å². The predicted octanol–water partition coefficient (Wildman–Crippen LogP) is 12.8. The lowest BCUT2D eigenvalue weighted by Gasteiger charge is -2.17. The zero-order valence-corrected chi connectivity index (χ0v) is 38.3. The number of carbonyl (C=O) groups excluding carboxylic acids is 6. The molecule has 5 aromatic rings. The van der Waals surface area contributed by atoms with Gasteiger partial charge in [-0.05, 0) is 124 Å². The van der Waals surface area contributed by atoms with Gasteiger partial charge in [0, 0.05) is 21.4 Å². The highest BCUT2D eigenvalue weighted by atomic mass is 35.5. The molecule has 0 heterocycles. The van der Waals surface area contributed by atoms with Gasteiger partial charge in [0.25, 0.3) is 23.6 Å². The Morgan fingerprint density at radius 2 is 0.824 bits per heavy atom. The average Bonchev–Trinajstić information content (AvgIpc) is 3.24. The molecule has 0 saturated carbocycles. The second kappa shape index (κ2) is 21.5. The Balaban J connectivity index is 1.27. The van der Waals surface area contributed by atoms with Crippen molar-refractivity contribution in [3.8, 4) is 0 Å². The third-order valence-electron chi connectivity index (χ3n) is 9.61. The second-order valence-corrected chi connectivity index (χ2v) is 16.1. The van der Waals surface area contributed by atoms with E-state index >= 15 is 0 Å². The molecular weight excluding hydrogens is 992 g/mol. The Morgan fingerprint density at radius 3 is 1.15 bits per heavy atom. The molecule has 5 aromatic carbocycles. The minimum Gasteiger partial charge on any atom is -0.324 e. The minimum atomic E-state index is -4.86. The van der Waals surface area contributed by atoms with Crippen molar-refractivity contribution in [1.29, 1.82) is 0 Å². The summed E-state index contributed by atoms with van der Waals surface area (Å²) in [7, 11) is 0. The monoisotopic (exact) mass is 1020 g/mol. The molecule has 24 heteroatoms. The van der Waals surface area contributed by atoms with Crippen LogP contribution in [0.5, 0.6) is 0 Å². The average molecular weight is 1020 g/mol. The summed E-state index contributed by atoms with van der Waals surface area (Å²) in [6.07, 6.45) is -9.72. The summed E-state index contributed by atoms with van der Waals surface area (Å²) in [5.41, 5.74) is -3.28. The zero-order valence-electron chi connectivity index (χ0n) is 35.3. The second-order valence-electron chi connectivity index (χ2n) is 14.5. The molecule has 2 unspecified atom stereocenters. The van der Waals surface area contributed by atoms with Crippen LogP contribution in [0.4, 0.5) is 60.5 Å². The summed E-state index contributed by atoms with van der Waals surface area (Å²) >= 11 is 23.8. The lowest BCUT2D eigenvalue weighted by Crippen LogP contribution is -2.33. The van der Waals surface area contributed by atoms with E-state index in [1.54, 1.807) is 13.8 Å². The lowest BCUT2D eigenvalue weighted by molar-refractivity contribution is -0.137. The van der Waals surface area contributed by atoms with E-state index in [4.69, 9.17) is 46.4 Å². The van der Waals surface area contributed by atoms with E-state index in [0.29, 0.717) is 23.3 Å². The van der Waals surface area contributed by atoms with E-state index in [2.05, 4.69) is 41.7 Å². The number of nitrogens with zero attached hydrogens (tertiary/aromatic N) is 4. The number of azo groups is 2. The Kier molecular flexibility index (Phi) is 16.5. The molecule has 0 aromatic heterocycles. The van der Waals surface area contributed by atoms with Crippen LogP contribution >= 0.6 is 46.4 Å². The number of Topliss-reactive ketones (excluding diaryl/α,β-unsaturated/α-hetero) is 2. The molecule has 354 valence electrons. The Hall–Kier alpha value is -6.74. The van der Waals surface area contributed by atoms with Gasteiger partial charge in [-0.25, -0.2) is 0 Å². The summed E-state index contributed by atoms with van der Waals surface area (Å²) in [6, 6.07) is 11.9. The molecule has 0 spiro atoms. The predicted molar refractivity (Wildman–Crippen MR) is 243 cm³/mol. The van der Waals surface area contributed by atoms with Crippen LogP contribution in [0.3, 0.4) is 0 Å². The standard InChI is InChI=1S/C44H32Cl4F6N8O6/c1-19-20(2)34(56-42(68)38(22(4)64)62-60-26-8-10-32(48)28(18-26)40(66)58-36-12-6-24(46)16-30(36)44(52,53)54)14-13-33(19)55-41(67)37(21(3)63)61-59-25-7-9-31(47)27(17-25)39(65)57-35-11-5-23(45)15-29(35)43(49,50)51/h5-18,37-38H,1-4H3,(H,55,67)(H,56,68)(H,57,65)(H,58,66). The maximum atomic E-state index is 13.6. The first kappa shape index (κ1) is 52.2. The maximum absolute atomic E-state index is 13.6. The van der Waals surface area contributed by atoms with Crippen molar-refractivity contribution in [2.45, 2.75) is 52.1 Å². The van der Waals surface area contributed by atoms with Crippen LogP contribution in [0, 0.1) is 13.8 Å². The highest BCUT2D eigenvalue weighted by Gasteiger charge is 2.36. The van der Waals surface area contributed by atoms with Crippen molar-refractivity contribution >= 4 is 116 Å². The van der Waals surface area contributed by atoms with Crippen molar-refractivity contribution < 1.29 is 55.1 Å². The summed E-state index contributed by atoms with van der Waals surface area (Å²) in [6.45, 7) is 5.27. The minimum absolute atomic E-state index is 0.0946. The number of hydrogen-bond donors (Lipinski definition) is 4. The number of nitrogens with one attached hydrogen (secondary N) is 4. The van der Waals surface area contributed by atoms with Crippen molar-refractivity contribution in [3.05, 3.63) is 138 Å². The van der Waals surface area contributed by atoms with Gasteiger partial charge in [-0.2, -0.15) is 46.8 Å². The highest BCUT2D eigenvalue weighted by Crippen LogP contribution is 2.39. The first-order chi connectivity index (χ1) is 31.7. The number of hydrogen-bond acceptors (Lipinski definition) is 10. The van der Waals surface area contributed by atoms with Crippen molar-refractivity contribution in [3.63, 3.8) is 0 Å². The van der Waals surface area contributed by atoms with Crippen LogP contribution in [-0.2, 0) is 31.5 Å². The molecular formula is C44H32Cl4F6N8O6. The normalized spacial score (nSPS) is 12.7. The highest BCUT2D eigenvalue weighted by molar-refractivity contribution is 6.35. The van der Waals surface area contributed by atoms with E-state index in [1.165, 1.54) is 36.4 Å². The summed E-state index contributed by atoms with van der Waals surface area (Å²) < 4.78 is 81.7. The smallest absolute Gasteiger partial charge is 0.324 e. The van der Waals surface area contributed by atoms with E-state index < -0.39 is 82.1 Å². The van der Waals surface area contributed by atoms with Crippen LogP contribution in [0.25, 0.3) is 0 Å². The van der Waals surface area contributed by atoms with Gasteiger partial charge >= 0.3 is 12.4 Å². The first-order valence-electron chi connectivity index (χ1n) is 19.2. The molecule has 4 N–H and O–H groups in total. The number of benzene rings is 5. The number of carbonyl (C=O) groups is 6. The van der Waals surface area contributed by atoms with Crippen molar-refractivity contribution in [2.24, 2.45) is 20.5 Å². The van der Waals surface area contributed by atoms with E-state index in [0.717, 1.165) is 50.2 Å². The third-order valence-corrected chi connectivity index (χ3v) is 10.7. The fraction of sp³-hybridized carbons (Fsp3) is 0.182. The number of anilines is 4. The fourth-order valence-corrected chi connectivity index (χ4v) is 6.73. The van der Waals surface area contributed by atoms with Gasteiger partial charge in [-0.15, -0.1) is 0 Å². The molecule has 2 atom stereocenters. The molecule has 68 heavy (non-hydrogen) atoms. The largest absolute Gasteiger partial charge is 0.418 e. The molecule has 4 amide bonds. The van der Waals surface area contributed by atoms with Gasteiger partial charge in [0.15, 0.2) is 11.6 Å². The fourth-order valence-electron chi connectivity index (χ4n) is 5.98. The number of ketones is 2. The van der Waals surface area contributed by atoms with Gasteiger partial charge in [0.1, 0.15) is 0 Å². The molecule has 0 bridgehead atoms. The Labute approximate surface area is 401 Å². The SMILES string of the molecule is CC(=O)C(N=Nc1ccc(Cl)c(C(=O)Nc2ccc(Cl)cc2C(F)(F)F)c1)C(=O)Nc1ccc(NC(=O)C(N=Nc2ccc(Cl)c(C(=O)Nc3ccc(Cl)cc3C(F)(F)F)c2)C(C)=O)c(C)c1C. The zero-order chi connectivity index (χ0) is 50.4. The topological polar surface area (TPSA) is 200 Å². The van der Waals surface area contributed by atoms with E-state index in [-0.39, 0.29) is 54.0 Å². The van der Waals surface area contributed by atoms with Crippen LogP contribution in [0.15, 0.2) is 105 Å². The maximum Gasteiger partial charge on any atom is 0.418 e. The molecule has 0 aliphatic rings. The van der Waals surface area contributed by atoms with E-state index in [1.807, 2.05) is 0 Å². The van der Waals surface area contributed by atoms with Crippen LogP contribution in [0.1, 0.15) is 56.8 Å². The Morgan fingerprint density at radius 1 is 0.485 bits per heavy atom. The van der Waals surface area contributed by atoms with Gasteiger partial charge in [-0.3, -0.25) is 28.8 Å². The molecule has 0 fully saturated rings. The molecule has 0 aliphatic carbocycles. The first-order valence-corrected chi connectivity index (χ1v) is 20.8. The van der Waals surface area contributed by atoms with Gasteiger partial charge in [0.2, 0.25) is 12.1 Å². The van der Waals surface area contributed by atoms with Crippen LogP contribution in [0.2, 0.25) is 20.1 Å². The quantitative estimate of drug-likeness (QED) is 0.0484. The number of alkyl halides is 6. The number of amides is 4. The summed E-state index contributed by atoms with van der Waals surface area (Å²) in [5, 5.41) is 24.1. The summed E-state index contributed by atoms with van der Waals surface area (Å²) in [4.78, 5) is 78.0. The summed E-state index contributed by atoms with van der Waals surface area (Å²) in [5.74, 6) is -5.47. The van der Waals surface area contributed by atoms with E-state index in [9.17, 15) is 55.1 Å². The third kappa shape index (κ3) is 13.0. The van der Waals surface area contributed by atoms with Crippen molar-refractivity contribution in [2.75, 3.05) is 21.3 Å². The number of halogens is 10. The molecule has 14 nitrogen and oxygen atoms in total.